The van der Waals surface area contributed by atoms with E-state index in [0.717, 1.165) is 23.0 Å². The van der Waals surface area contributed by atoms with Gasteiger partial charge in [0.05, 0.1) is 12.4 Å². The van der Waals surface area contributed by atoms with Crippen molar-refractivity contribution in [2.45, 2.75) is 199 Å². The van der Waals surface area contributed by atoms with Crippen molar-refractivity contribution in [3.8, 4) is 5.75 Å². The number of amides is 10. The van der Waals surface area contributed by atoms with E-state index in [0.29, 0.717) is 85.2 Å². The average Bonchev–Trinajstić information content (AvgIpc) is 1.82. The van der Waals surface area contributed by atoms with Gasteiger partial charge in [0.25, 0.3) is 0 Å². The number of benzene rings is 4. The predicted octanol–water partition coefficient (Wildman–Crippen LogP) is 3.36. The van der Waals surface area contributed by atoms with Crippen molar-refractivity contribution in [1.29, 1.82) is 0 Å². The number of phenolic OH excluding ortho intramolecular Hbond substituents is 1. The molecule has 2 heterocycles. The van der Waals surface area contributed by atoms with Crippen molar-refractivity contribution in [1.82, 2.24) is 79.0 Å². The lowest BCUT2D eigenvalue weighted by Crippen LogP contribution is -2.61. The first-order chi connectivity index (χ1) is 53.2. The Morgan fingerprint density at radius 3 is 1.64 bits per heavy atom. The van der Waals surface area contributed by atoms with Crippen LogP contribution < -0.4 is 69.1 Å². The molecule has 0 radical (unpaired) electrons. The van der Waals surface area contributed by atoms with Crippen molar-refractivity contribution in [3.05, 3.63) is 155 Å². The number of hydrogen-bond acceptors (Lipinski definition) is 17. The molecule has 5 aromatic rings. The van der Waals surface area contributed by atoms with E-state index in [1.165, 1.54) is 55.4 Å². The molecular formula is C80H111ClN16O14. The van der Waals surface area contributed by atoms with Gasteiger partial charge >= 0.3 is 5.97 Å². The molecule has 0 spiro atoms. The van der Waals surface area contributed by atoms with Crippen LogP contribution in [0.4, 0.5) is 0 Å². The first-order valence-corrected chi connectivity index (χ1v) is 38.5. The summed E-state index contributed by atoms with van der Waals surface area (Å²) < 4.78 is 0. The van der Waals surface area contributed by atoms with Gasteiger partial charge < -0.3 is 89.3 Å². The minimum Gasteiger partial charge on any atom is -0.508 e. The number of hydrogen-bond donors (Lipinski definition) is 16. The quantitative estimate of drug-likeness (QED) is 0.0151. The Balaban J connectivity index is 1.29. The van der Waals surface area contributed by atoms with E-state index in [-0.39, 0.29) is 76.0 Å². The highest BCUT2D eigenvalue weighted by atomic mass is 35.5. The molecule has 1 aromatic heterocycles. The Morgan fingerprint density at radius 2 is 1.07 bits per heavy atom. The molecule has 1 fully saturated rings. The summed E-state index contributed by atoms with van der Waals surface area (Å²) in [6.07, 6.45) is 6.79. The second-order valence-electron chi connectivity index (χ2n) is 27.8. The molecule has 16 N–H and O–H groups in total. The number of guanidine groups is 1. The van der Waals surface area contributed by atoms with E-state index in [2.05, 4.69) is 79.1 Å². The number of fused-ring (bicyclic) bond motifs is 1. The molecule has 0 aliphatic carbocycles. The fraction of sp³-hybridized carbons (Fsp3) is 0.487. The highest BCUT2D eigenvalue weighted by molar-refractivity contribution is 6.30. The number of rotatable bonds is 45. The number of aliphatic imine (C=N–C) groups is 1. The zero-order chi connectivity index (χ0) is 80.9. The van der Waals surface area contributed by atoms with E-state index < -0.39 is 132 Å². The maximum Gasteiger partial charge on any atom is 0.325 e. The second-order valence-corrected chi connectivity index (χ2v) is 28.3. The molecule has 1 aliphatic rings. The van der Waals surface area contributed by atoms with Crippen molar-refractivity contribution in [2.75, 3.05) is 45.9 Å². The van der Waals surface area contributed by atoms with Gasteiger partial charge in [0.15, 0.2) is 5.96 Å². The van der Waals surface area contributed by atoms with Gasteiger partial charge in [-0.15, -0.1) is 0 Å². The van der Waals surface area contributed by atoms with Crippen LogP contribution in [0, 0.1) is 5.92 Å². The van der Waals surface area contributed by atoms with Crippen LogP contribution >= 0.6 is 11.6 Å². The summed E-state index contributed by atoms with van der Waals surface area (Å²) in [4.78, 5) is 167. The van der Waals surface area contributed by atoms with Crippen LogP contribution in [0.1, 0.15) is 135 Å². The molecule has 0 bridgehead atoms. The smallest absolute Gasteiger partial charge is 0.325 e. The van der Waals surface area contributed by atoms with Crippen molar-refractivity contribution < 1.29 is 68.1 Å². The molecule has 111 heavy (non-hydrogen) atoms. The number of nitrogens with zero attached hydrogens (tertiary/aromatic N) is 3. The summed E-state index contributed by atoms with van der Waals surface area (Å²) in [5.41, 5.74) is 2.12. The molecule has 30 nitrogen and oxygen atoms in total. The monoisotopic (exact) mass is 1550 g/mol. The normalized spacial score (nSPS) is 15.1. The number of phenols is 1. The van der Waals surface area contributed by atoms with Gasteiger partial charge in [0.1, 0.15) is 66.2 Å². The Labute approximate surface area is 653 Å². The first kappa shape index (κ1) is 89.0. The highest BCUT2D eigenvalue weighted by Gasteiger charge is 2.40. The third-order valence-electron chi connectivity index (χ3n) is 18.3. The maximum absolute atomic E-state index is 15.2. The number of carboxylic acids is 1. The van der Waals surface area contributed by atoms with Crippen molar-refractivity contribution >= 4 is 93.4 Å². The van der Waals surface area contributed by atoms with Crippen LogP contribution in [-0.4, -0.2) is 202 Å². The predicted molar refractivity (Wildman–Crippen MR) is 423 cm³/mol. The SMILES string of the molecule is CC/C=C(/NCC)NCCCC(NC(=O)[C@H](CC(C)C)NC(=O)[C@@H](CCCCN=C(NCC)NCC)NC(=O)[C@H](Cc1ccc(O)cc1)NC(=O)[C@H](CO)NC(=O)[C@@H](Cc1cccnc1)NC(=O)[C@@H](Cc1ccc(Cl)cc1)NC(=O)[C@@H](Cc1ccc2ccccc2c1)NC(C)=O)C(=O)N1CCC[C@H]1C(=O)N[C@H](C)C(=O)O. The summed E-state index contributed by atoms with van der Waals surface area (Å²) in [5.74, 6) is -8.20. The highest BCUT2D eigenvalue weighted by Crippen LogP contribution is 2.23. The third-order valence-corrected chi connectivity index (χ3v) is 18.6. The number of aliphatic hydroxyl groups excluding tert-OH is 1. The molecular weight excluding hydrogens is 1440 g/mol. The van der Waals surface area contributed by atoms with Gasteiger partial charge in [-0.2, -0.15) is 0 Å². The number of unbranched alkanes of at least 4 members (excludes halogenated alkanes) is 1. The van der Waals surface area contributed by atoms with Crippen molar-refractivity contribution in [2.24, 2.45) is 10.9 Å². The second kappa shape index (κ2) is 46.6. The number of aromatic nitrogens is 1. The van der Waals surface area contributed by atoms with Crippen LogP contribution in [0.25, 0.3) is 10.8 Å². The summed E-state index contributed by atoms with van der Waals surface area (Å²) in [6, 6.07) is 14.9. The number of carbonyl (C=O) groups excluding carboxylic acids is 10. The number of aromatic hydroxyl groups is 1. The Bertz CT molecular complexity index is 3960. The molecule has 1 saturated heterocycles. The molecule has 31 heteroatoms. The van der Waals surface area contributed by atoms with E-state index in [9.17, 15) is 58.5 Å². The zero-order valence-electron chi connectivity index (χ0n) is 64.6. The van der Waals surface area contributed by atoms with Crippen LogP contribution in [0.5, 0.6) is 5.75 Å². The first-order valence-electron chi connectivity index (χ1n) is 38.2. The number of halogens is 1. The molecule has 1 unspecified atom stereocenters. The Hall–Kier alpha value is -10.9. The molecule has 10 atom stereocenters. The molecule has 6 rings (SSSR count). The molecule has 0 saturated carbocycles. The fourth-order valence-electron chi connectivity index (χ4n) is 12.7. The molecule has 4 aromatic carbocycles. The van der Waals surface area contributed by atoms with E-state index in [4.69, 9.17) is 11.6 Å². The largest absolute Gasteiger partial charge is 0.508 e. The standard InChI is InChI=1S/C80H111ClN16O14/c1-9-20-69(83-10-2)86-39-18-25-61(78(109)97-40-19-26-68(97)77(108)88-50(7)79(110)111)91-71(102)62(41-49(5)6)92-70(101)60(24-15-16-38-87-80(84-11-3)85-12-4)90-73(104)64(44-53-30-35-59(100)36-31-53)95-76(107)67(48-98)96-75(106)66(46-55-21-17-37-82-47-55)94-74(105)65(43-52-28-33-58(81)34-29-52)93-72(103)63(89-51(8)99)45-54-27-32-56-22-13-14-23-57(56)42-54/h13-14,17,20-23,27-37,42,47,49-50,60-68,83,86,98,100H,9-12,15-16,18-19,24-26,38-41,43-46,48H2,1-8H3,(H,88,108)(H,89,99)(H,90,104)(H,91,102)(H,92,101)(H,93,103)(H,94,105)(H,95,107)(H,96,106)(H,110,111)(H2,84,85,87)/b69-20-/t50-,60-,61?,62+,63-,64+,65-,66-,67+,68+/m1/s1. The number of carboxylic acid groups (broad SMARTS) is 1. The van der Waals surface area contributed by atoms with Crippen molar-refractivity contribution in [3.63, 3.8) is 0 Å². The number of likely N-dealkylation sites (tertiary alicyclic amines) is 1. The zero-order valence-corrected chi connectivity index (χ0v) is 65.3. The summed E-state index contributed by atoms with van der Waals surface area (Å²) in [5, 5.41) is 70.6. The number of pyridine rings is 1. The van der Waals surface area contributed by atoms with Gasteiger partial charge in [0.2, 0.25) is 59.1 Å². The lowest BCUT2D eigenvalue weighted by molar-refractivity contribution is -0.144. The Kier molecular flexibility index (Phi) is 37.4. The summed E-state index contributed by atoms with van der Waals surface area (Å²) in [7, 11) is 0. The molecule has 602 valence electrons. The number of nitrogens with one attached hydrogen (secondary N) is 13. The van der Waals surface area contributed by atoms with Gasteiger partial charge in [-0.25, -0.2) is 0 Å². The fourth-order valence-corrected chi connectivity index (χ4v) is 12.8. The summed E-state index contributed by atoms with van der Waals surface area (Å²) >= 11 is 6.26. The van der Waals surface area contributed by atoms with E-state index >= 15 is 9.59 Å². The third kappa shape index (κ3) is 30.1. The lowest BCUT2D eigenvalue weighted by atomic mass is 9.99. The van der Waals surface area contributed by atoms with Crippen LogP contribution in [-0.2, 0) is 78.4 Å². The van der Waals surface area contributed by atoms with Crippen LogP contribution in [0.15, 0.2) is 132 Å². The minimum absolute atomic E-state index is 0.0363. The average molecular weight is 1560 g/mol. The van der Waals surface area contributed by atoms with E-state index in [1.54, 1.807) is 36.4 Å². The van der Waals surface area contributed by atoms with Gasteiger partial charge in [0, 0.05) is 89.3 Å². The molecule has 1 aliphatic heterocycles. The molecule has 10 amide bonds. The van der Waals surface area contributed by atoms with Gasteiger partial charge in [-0.1, -0.05) is 105 Å². The van der Waals surface area contributed by atoms with E-state index in [1.807, 2.05) is 90.1 Å². The number of aliphatic carboxylic acids is 1. The Morgan fingerprint density at radius 1 is 0.559 bits per heavy atom. The van der Waals surface area contributed by atoms with Gasteiger partial charge in [-0.05, 0) is 161 Å². The number of allylic oxidation sites excluding steroid dienone is 1. The van der Waals surface area contributed by atoms with Crippen LogP contribution in [0.3, 0.4) is 0 Å². The number of carbonyl (C=O) groups is 11. The van der Waals surface area contributed by atoms with Gasteiger partial charge in [-0.3, -0.25) is 62.7 Å². The minimum atomic E-state index is -1.82. The topological polar surface area (TPSA) is 433 Å². The number of aliphatic hydroxyl groups is 1. The summed E-state index contributed by atoms with van der Waals surface area (Å²) in [6.45, 7) is 15.5. The van der Waals surface area contributed by atoms with Crippen LogP contribution in [0.2, 0.25) is 5.02 Å². The maximum atomic E-state index is 15.2. The lowest BCUT2D eigenvalue weighted by Gasteiger charge is -2.31.